The lowest BCUT2D eigenvalue weighted by molar-refractivity contribution is 0.0935. The number of nitrogens with one attached hydrogen (secondary N) is 1. The quantitative estimate of drug-likeness (QED) is 0.696. The third-order valence-corrected chi connectivity index (χ3v) is 5.64. The second-order valence-electron chi connectivity index (χ2n) is 6.14. The Balaban J connectivity index is 1.51. The van der Waals surface area contributed by atoms with E-state index in [0.29, 0.717) is 5.56 Å². The van der Waals surface area contributed by atoms with Gasteiger partial charge in [0.25, 0.3) is 5.91 Å². The van der Waals surface area contributed by atoms with Crippen LogP contribution in [0.15, 0.2) is 83.8 Å². The fourth-order valence-electron chi connectivity index (χ4n) is 3.18. The van der Waals surface area contributed by atoms with Gasteiger partial charge in [0.1, 0.15) is 0 Å². The van der Waals surface area contributed by atoms with Crippen molar-refractivity contribution in [2.45, 2.75) is 17.4 Å². The molecule has 0 aromatic heterocycles. The zero-order valence-electron chi connectivity index (χ0n) is 13.8. The van der Waals surface area contributed by atoms with Crippen LogP contribution >= 0.6 is 11.8 Å². The van der Waals surface area contributed by atoms with Gasteiger partial charge in [-0.3, -0.25) is 4.79 Å². The number of hydrogen-bond acceptors (Lipinski definition) is 2. The van der Waals surface area contributed by atoms with Gasteiger partial charge < -0.3 is 5.32 Å². The van der Waals surface area contributed by atoms with Crippen LogP contribution in [-0.2, 0) is 0 Å². The Hall–Kier alpha value is -2.52. The van der Waals surface area contributed by atoms with E-state index in [-0.39, 0.29) is 11.9 Å². The Kier molecular flexibility index (Phi) is 4.57. The third kappa shape index (κ3) is 3.47. The highest BCUT2D eigenvalue weighted by molar-refractivity contribution is 7.99. The summed E-state index contributed by atoms with van der Waals surface area (Å²) in [5, 5.41) is 3.20. The monoisotopic (exact) mass is 345 g/mol. The highest BCUT2D eigenvalue weighted by Crippen LogP contribution is 2.35. The standard InChI is InChI=1S/C22H19NOS/c24-22(23-20-14-15-25-21-9-5-4-8-19(20)21)18-12-10-17(11-13-18)16-6-2-1-3-7-16/h1-13,20H,14-15H2,(H,23,24)/t20-/m0/s1. The second kappa shape index (κ2) is 7.16. The number of rotatable bonds is 3. The molecule has 1 amide bonds. The van der Waals surface area contributed by atoms with E-state index in [2.05, 4.69) is 35.6 Å². The minimum absolute atomic E-state index is 0.00804. The third-order valence-electron chi connectivity index (χ3n) is 4.52. The van der Waals surface area contributed by atoms with Crippen molar-refractivity contribution in [1.29, 1.82) is 0 Å². The molecule has 3 heteroatoms. The molecule has 0 saturated carbocycles. The number of benzene rings is 3. The average Bonchev–Trinajstić information content (AvgIpc) is 2.69. The molecule has 124 valence electrons. The van der Waals surface area contributed by atoms with Crippen LogP contribution in [0.2, 0.25) is 0 Å². The molecule has 3 aromatic carbocycles. The molecule has 0 spiro atoms. The molecule has 1 aliphatic heterocycles. The number of amides is 1. The zero-order chi connectivity index (χ0) is 17.1. The van der Waals surface area contributed by atoms with E-state index >= 15 is 0 Å². The summed E-state index contributed by atoms with van der Waals surface area (Å²) in [5.41, 5.74) is 4.22. The maximum atomic E-state index is 12.7. The minimum atomic E-state index is -0.00804. The van der Waals surface area contributed by atoms with Gasteiger partial charge in [-0.1, -0.05) is 60.7 Å². The summed E-state index contributed by atoms with van der Waals surface area (Å²) in [4.78, 5) is 13.9. The largest absolute Gasteiger partial charge is 0.345 e. The number of hydrogen-bond donors (Lipinski definition) is 1. The highest BCUT2D eigenvalue weighted by Gasteiger charge is 2.22. The van der Waals surface area contributed by atoms with E-state index in [4.69, 9.17) is 0 Å². The summed E-state index contributed by atoms with van der Waals surface area (Å²) in [6.45, 7) is 0. The molecule has 1 aliphatic rings. The van der Waals surface area contributed by atoms with Crippen LogP contribution in [0.4, 0.5) is 0 Å². The Morgan fingerprint density at radius 1 is 0.840 bits per heavy atom. The van der Waals surface area contributed by atoms with Gasteiger partial charge in [0.2, 0.25) is 0 Å². The molecule has 3 aromatic rings. The molecule has 0 unspecified atom stereocenters. The first kappa shape index (κ1) is 16.0. The Labute approximate surface area is 152 Å². The van der Waals surface area contributed by atoms with Crippen molar-refractivity contribution in [2.24, 2.45) is 0 Å². The maximum Gasteiger partial charge on any atom is 0.251 e. The lowest BCUT2D eigenvalue weighted by atomic mass is 10.0. The number of carbonyl (C=O) groups is 1. The molecule has 1 atom stereocenters. The van der Waals surface area contributed by atoms with Gasteiger partial charge >= 0.3 is 0 Å². The highest BCUT2D eigenvalue weighted by atomic mass is 32.2. The lowest BCUT2D eigenvalue weighted by Gasteiger charge is -2.25. The molecule has 25 heavy (non-hydrogen) atoms. The topological polar surface area (TPSA) is 29.1 Å². The van der Waals surface area contributed by atoms with E-state index in [9.17, 15) is 4.79 Å². The van der Waals surface area contributed by atoms with Gasteiger partial charge in [-0.05, 0) is 41.3 Å². The van der Waals surface area contributed by atoms with Gasteiger partial charge in [0, 0.05) is 16.2 Å². The molecular formula is C22H19NOS. The zero-order valence-corrected chi connectivity index (χ0v) is 14.6. The van der Waals surface area contributed by atoms with Crippen LogP contribution < -0.4 is 5.32 Å². The number of thioether (sulfide) groups is 1. The Morgan fingerprint density at radius 2 is 1.52 bits per heavy atom. The molecule has 1 heterocycles. The van der Waals surface area contributed by atoms with E-state index in [0.717, 1.165) is 23.3 Å². The summed E-state index contributed by atoms with van der Waals surface area (Å²) < 4.78 is 0. The normalized spacial score (nSPS) is 16.1. The van der Waals surface area contributed by atoms with Crippen molar-refractivity contribution < 1.29 is 4.79 Å². The SMILES string of the molecule is O=C(N[C@H]1CCSc2ccccc21)c1ccc(-c2ccccc2)cc1. The van der Waals surface area contributed by atoms with Gasteiger partial charge in [0.05, 0.1) is 6.04 Å². The summed E-state index contributed by atoms with van der Waals surface area (Å²) in [6, 6.07) is 26.5. The van der Waals surface area contributed by atoms with E-state index in [1.54, 1.807) is 0 Å². The molecule has 2 nitrogen and oxygen atoms in total. The van der Waals surface area contributed by atoms with Crippen LogP contribution in [0.5, 0.6) is 0 Å². The van der Waals surface area contributed by atoms with Gasteiger partial charge in [-0.2, -0.15) is 0 Å². The Morgan fingerprint density at radius 3 is 2.32 bits per heavy atom. The summed E-state index contributed by atoms with van der Waals surface area (Å²) >= 11 is 1.86. The molecule has 1 N–H and O–H groups in total. The van der Waals surface area contributed by atoms with Gasteiger partial charge in [-0.15, -0.1) is 11.8 Å². The predicted octanol–water partition coefficient (Wildman–Crippen LogP) is 5.32. The molecule has 0 bridgehead atoms. The fourth-order valence-corrected chi connectivity index (χ4v) is 4.30. The first-order valence-corrected chi connectivity index (χ1v) is 9.48. The Bertz CT molecular complexity index is 874. The first-order chi connectivity index (χ1) is 12.3. The van der Waals surface area contributed by atoms with E-state index < -0.39 is 0 Å². The predicted molar refractivity (Wildman–Crippen MR) is 104 cm³/mol. The van der Waals surface area contributed by atoms with Crippen molar-refractivity contribution in [2.75, 3.05) is 5.75 Å². The van der Waals surface area contributed by atoms with Crippen molar-refractivity contribution >= 4 is 17.7 Å². The smallest absolute Gasteiger partial charge is 0.251 e. The second-order valence-corrected chi connectivity index (χ2v) is 7.28. The van der Waals surface area contributed by atoms with Crippen LogP contribution in [0.1, 0.15) is 28.4 Å². The van der Waals surface area contributed by atoms with Crippen LogP contribution in [0.3, 0.4) is 0 Å². The lowest BCUT2D eigenvalue weighted by Crippen LogP contribution is -2.30. The van der Waals surface area contributed by atoms with Crippen molar-refractivity contribution in [3.8, 4) is 11.1 Å². The van der Waals surface area contributed by atoms with E-state index in [1.165, 1.54) is 10.5 Å². The van der Waals surface area contributed by atoms with Crippen LogP contribution in [0, 0.1) is 0 Å². The molecule has 0 fully saturated rings. The molecule has 4 rings (SSSR count). The maximum absolute atomic E-state index is 12.7. The van der Waals surface area contributed by atoms with Crippen molar-refractivity contribution in [3.63, 3.8) is 0 Å². The van der Waals surface area contributed by atoms with E-state index in [1.807, 2.05) is 60.3 Å². The summed E-state index contributed by atoms with van der Waals surface area (Å²) in [7, 11) is 0. The molecular weight excluding hydrogens is 326 g/mol. The van der Waals surface area contributed by atoms with Crippen molar-refractivity contribution in [3.05, 3.63) is 90.0 Å². The summed E-state index contributed by atoms with van der Waals surface area (Å²) in [6.07, 6.45) is 0.968. The molecule has 0 aliphatic carbocycles. The average molecular weight is 345 g/mol. The first-order valence-electron chi connectivity index (χ1n) is 8.49. The molecule has 0 radical (unpaired) electrons. The van der Waals surface area contributed by atoms with Crippen molar-refractivity contribution in [1.82, 2.24) is 5.32 Å². The minimum Gasteiger partial charge on any atom is -0.345 e. The van der Waals surface area contributed by atoms with Gasteiger partial charge in [-0.25, -0.2) is 0 Å². The fraction of sp³-hybridized carbons (Fsp3) is 0.136. The summed E-state index contributed by atoms with van der Waals surface area (Å²) in [5.74, 6) is 1.03. The van der Waals surface area contributed by atoms with Crippen LogP contribution in [0.25, 0.3) is 11.1 Å². The number of carbonyl (C=O) groups excluding carboxylic acids is 1. The van der Waals surface area contributed by atoms with Gasteiger partial charge in [0.15, 0.2) is 0 Å². The number of fused-ring (bicyclic) bond motifs is 1. The molecule has 0 saturated heterocycles. The van der Waals surface area contributed by atoms with Crippen LogP contribution in [-0.4, -0.2) is 11.7 Å².